The summed E-state index contributed by atoms with van der Waals surface area (Å²) in [6.45, 7) is 0.841. The number of anilines is 1. The molecular formula is C20H20N4O6. The molecule has 0 atom stereocenters. The largest absolute Gasteiger partial charge is 0.466 e. The summed E-state index contributed by atoms with van der Waals surface area (Å²) >= 11 is 0. The lowest BCUT2D eigenvalue weighted by Crippen LogP contribution is -2.31. The Morgan fingerprint density at radius 2 is 1.80 bits per heavy atom. The first kappa shape index (κ1) is 20.9. The number of amides is 2. The SMILES string of the molecule is O=C(CCCN1C(=O)c2ccccc2C1=O)OCCCNc1ccc([N+](=O)[O-])cn1. The van der Waals surface area contributed by atoms with E-state index in [1.165, 1.54) is 12.1 Å². The van der Waals surface area contributed by atoms with E-state index in [4.69, 9.17) is 4.74 Å². The molecule has 2 heterocycles. The van der Waals surface area contributed by atoms with Gasteiger partial charge in [0.25, 0.3) is 17.5 Å². The molecule has 0 unspecified atom stereocenters. The first-order chi connectivity index (χ1) is 14.5. The minimum atomic E-state index is -0.523. The normalized spacial score (nSPS) is 12.6. The first-order valence-corrected chi connectivity index (χ1v) is 9.42. The smallest absolute Gasteiger partial charge is 0.305 e. The van der Waals surface area contributed by atoms with Crippen LogP contribution in [-0.2, 0) is 9.53 Å². The molecule has 3 rings (SSSR count). The molecule has 1 aromatic heterocycles. The van der Waals surface area contributed by atoms with Gasteiger partial charge < -0.3 is 10.1 Å². The number of esters is 1. The van der Waals surface area contributed by atoms with Crippen LogP contribution in [0.2, 0.25) is 0 Å². The molecule has 0 radical (unpaired) electrons. The number of rotatable bonds is 10. The van der Waals surface area contributed by atoms with Crippen molar-refractivity contribution in [2.45, 2.75) is 19.3 Å². The molecule has 1 aliphatic heterocycles. The van der Waals surface area contributed by atoms with Gasteiger partial charge in [0, 0.05) is 25.6 Å². The van der Waals surface area contributed by atoms with Crippen molar-refractivity contribution in [1.29, 1.82) is 0 Å². The molecule has 0 fully saturated rings. The van der Waals surface area contributed by atoms with Crippen molar-refractivity contribution in [3.63, 3.8) is 0 Å². The van der Waals surface area contributed by atoms with E-state index in [2.05, 4.69) is 10.3 Å². The van der Waals surface area contributed by atoms with Gasteiger partial charge in [-0.3, -0.25) is 29.4 Å². The fourth-order valence-corrected chi connectivity index (χ4v) is 2.97. The summed E-state index contributed by atoms with van der Waals surface area (Å²) in [5, 5.41) is 13.5. The summed E-state index contributed by atoms with van der Waals surface area (Å²) in [7, 11) is 0. The molecule has 1 aromatic carbocycles. The number of benzene rings is 1. The van der Waals surface area contributed by atoms with E-state index in [1.807, 2.05) is 0 Å². The number of aromatic nitrogens is 1. The van der Waals surface area contributed by atoms with Crippen LogP contribution in [0.3, 0.4) is 0 Å². The lowest BCUT2D eigenvalue weighted by atomic mass is 10.1. The van der Waals surface area contributed by atoms with Gasteiger partial charge in [0.1, 0.15) is 12.0 Å². The molecule has 156 valence electrons. The van der Waals surface area contributed by atoms with Gasteiger partial charge in [-0.15, -0.1) is 0 Å². The Hall–Kier alpha value is -3.82. The van der Waals surface area contributed by atoms with Gasteiger partial charge in [0.2, 0.25) is 0 Å². The van der Waals surface area contributed by atoms with Crippen molar-refractivity contribution in [3.8, 4) is 0 Å². The summed E-state index contributed by atoms with van der Waals surface area (Å²) in [6, 6.07) is 9.50. The number of nitrogens with one attached hydrogen (secondary N) is 1. The maximum absolute atomic E-state index is 12.2. The number of pyridine rings is 1. The average Bonchev–Trinajstić information content (AvgIpc) is 2.99. The zero-order chi connectivity index (χ0) is 21.5. The van der Waals surface area contributed by atoms with Gasteiger partial charge in [-0.2, -0.15) is 0 Å². The summed E-state index contributed by atoms with van der Waals surface area (Å²) in [5.41, 5.74) is 0.691. The average molecular weight is 412 g/mol. The number of imide groups is 1. The molecule has 0 spiro atoms. The highest BCUT2D eigenvalue weighted by Gasteiger charge is 2.34. The topological polar surface area (TPSA) is 132 Å². The zero-order valence-electron chi connectivity index (χ0n) is 16.1. The second-order valence-electron chi connectivity index (χ2n) is 6.57. The maximum atomic E-state index is 12.2. The number of nitro groups is 1. The van der Waals surface area contributed by atoms with E-state index in [-0.39, 0.29) is 37.1 Å². The van der Waals surface area contributed by atoms with Crippen molar-refractivity contribution >= 4 is 29.3 Å². The monoisotopic (exact) mass is 412 g/mol. The van der Waals surface area contributed by atoms with Crippen LogP contribution in [0.15, 0.2) is 42.6 Å². The van der Waals surface area contributed by atoms with Crippen LogP contribution in [0.25, 0.3) is 0 Å². The molecule has 10 heteroatoms. The fourth-order valence-electron chi connectivity index (χ4n) is 2.97. The second-order valence-corrected chi connectivity index (χ2v) is 6.57. The lowest BCUT2D eigenvalue weighted by molar-refractivity contribution is -0.385. The molecule has 0 saturated carbocycles. The highest BCUT2D eigenvalue weighted by Crippen LogP contribution is 2.22. The third-order valence-electron chi connectivity index (χ3n) is 4.49. The van der Waals surface area contributed by atoms with Gasteiger partial charge in [-0.1, -0.05) is 12.1 Å². The summed E-state index contributed by atoms with van der Waals surface area (Å²) in [5.74, 6) is -0.585. The van der Waals surface area contributed by atoms with E-state index in [0.717, 1.165) is 11.1 Å². The van der Waals surface area contributed by atoms with E-state index >= 15 is 0 Å². The van der Waals surface area contributed by atoms with Crippen LogP contribution < -0.4 is 5.32 Å². The third kappa shape index (κ3) is 4.96. The molecule has 1 aliphatic rings. The Kier molecular flexibility index (Phi) is 6.68. The molecule has 2 aromatic rings. The highest BCUT2D eigenvalue weighted by molar-refractivity contribution is 6.21. The van der Waals surface area contributed by atoms with E-state index in [1.54, 1.807) is 24.3 Å². The predicted molar refractivity (Wildman–Crippen MR) is 106 cm³/mol. The molecule has 30 heavy (non-hydrogen) atoms. The maximum Gasteiger partial charge on any atom is 0.305 e. The highest BCUT2D eigenvalue weighted by atomic mass is 16.6. The first-order valence-electron chi connectivity index (χ1n) is 9.42. The molecule has 0 bridgehead atoms. The van der Waals surface area contributed by atoms with Gasteiger partial charge >= 0.3 is 5.97 Å². The number of fused-ring (bicyclic) bond motifs is 1. The van der Waals surface area contributed by atoms with Crippen molar-refractivity contribution in [3.05, 3.63) is 63.8 Å². The van der Waals surface area contributed by atoms with Gasteiger partial charge in [-0.25, -0.2) is 4.98 Å². The minimum absolute atomic E-state index is 0.0873. The van der Waals surface area contributed by atoms with E-state index < -0.39 is 10.9 Å². The standard InChI is InChI=1S/C20H20N4O6/c25-18(30-12-4-10-21-17-9-8-14(13-22-17)24(28)29)7-3-11-23-19(26)15-5-1-2-6-16(15)20(23)27/h1-2,5-6,8-9,13H,3-4,7,10-12H2,(H,21,22). The van der Waals surface area contributed by atoms with Crippen LogP contribution in [0, 0.1) is 10.1 Å². The molecule has 2 amide bonds. The zero-order valence-corrected chi connectivity index (χ0v) is 16.1. The van der Waals surface area contributed by atoms with Crippen LogP contribution in [-0.4, -0.2) is 52.3 Å². The number of hydrogen-bond acceptors (Lipinski definition) is 8. The van der Waals surface area contributed by atoms with Crippen LogP contribution in [0.5, 0.6) is 0 Å². The predicted octanol–water partition coefficient (Wildman–Crippen LogP) is 2.41. The minimum Gasteiger partial charge on any atom is -0.466 e. The Labute approximate surface area is 172 Å². The van der Waals surface area contributed by atoms with Gasteiger partial charge in [-0.05, 0) is 31.0 Å². The molecule has 0 saturated heterocycles. The summed E-state index contributed by atoms with van der Waals surface area (Å²) < 4.78 is 5.13. The Balaban J connectivity index is 1.30. The third-order valence-corrected chi connectivity index (χ3v) is 4.49. The Morgan fingerprint density at radius 3 is 2.40 bits per heavy atom. The number of ether oxygens (including phenoxy) is 1. The van der Waals surface area contributed by atoms with E-state index in [0.29, 0.717) is 36.3 Å². The summed E-state index contributed by atoms with van der Waals surface area (Å²) in [4.78, 5) is 51.4. The van der Waals surface area contributed by atoms with Crippen molar-refractivity contribution in [2.24, 2.45) is 0 Å². The molecular weight excluding hydrogens is 392 g/mol. The number of nitrogens with zero attached hydrogens (tertiary/aromatic N) is 3. The van der Waals surface area contributed by atoms with Crippen molar-refractivity contribution in [1.82, 2.24) is 9.88 Å². The van der Waals surface area contributed by atoms with Crippen LogP contribution >= 0.6 is 0 Å². The van der Waals surface area contributed by atoms with Crippen LogP contribution in [0.4, 0.5) is 11.5 Å². The number of carbonyl (C=O) groups is 3. The second kappa shape index (κ2) is 9.59. The molecule has 10 nitrogen and oxygen atoms in total. The quantitative estimate of drug-likeness (QED) is 0.207. The Bertz CT molecular complexity index is 925. The number of hydrogen-bond donors (Lipinski definition) is 1. The number of carbonyl (C=O) groups excluding carboxylic acids is 3. The van der Waals surface area contributed by atoms with Crippen LogP contribution in [0.1, 0.15) is 40.0 Å². The molecule has 0 aliphatic carbocycles. The summed E-state index contributed by atoms with van der Waals surface area (Å²) in [6.07, 6.45) is 2.12. The lowest BCUT2D eigenvalue weighted by Gasteiger charge is -2.13. The van der Waals surface area contributed by atoms with Crippen molar-refractivity contribution < 1.29 is 24.0 Å². The van der Waals surface area contributed by atoms with Gasteiger partial charge in [0.15, 0.2) is 0 Å². The molecule has 1 N–H and O–H groups in total. The van der Waals surface area contributed by atoms with E-state index in [9.17, 15) is 24.5 Å². The Morgan fingerprint density at radius 1 is 1.10 bits per heavy atom. The van der Waals surface area contributed by atoms with Gasteiger partial charge in [0.05, 0.1) is 22.7 Å². The fraction of sp³-hybridized carbons (Fsp3) is 0.300. The van der Waals surface area contributed by atoms with Crippen molar-refractivity contribution in [2.75, 3.05) is 25.0 Å².